The largest absolute Gasteiger partial charge is 0.489 e. The lowest BCUT2D eigenvalue weighted by atomic mass is 10.1. The highest BCUT2D eigenvalue weighted by Gasteiger charge is 2.34. The molecule has 3 heterocycles. The van der Waals surface area contributed by atoms with E-state index in [2.05, 4.69) is 34.5 Å². The topological polar surface area (TPSA) is 54.0 Å². The number of morpholine rings is 1. The van der Waals surface area contributed by atoms with Gasteiger partial charge in [-0.05, 0) is 42.6 Å². The third kappa shape index (κ3) is 4.82. The Bertz CT molecular complexity index is 916. The predicted octanol–water partition coefficient (Wildman–Crippen LogP) is 3.20. The van der Waals surface area contributed by atoms with Crippen LogP contribution in [0.3, 0.4) is 0 Å². The Kier molecular flexibility index (Phi) is 6.72. The number of nitrogens with zero attached hydrogens (tertiary/aromatic N) is 2. The van der Waals surface area contributed by atoms with Crippen molar-refractivity contribution in [1.29, 1.82) is 0 Å². The summed E-state index contributed by atoms with van der Waals surface area (Å²) in [5.41, 5.74) is 4.29. The Labute approximate surface area is 190 Å². The summed E-state index contributed by atoms with van der Waals surface area (Å²) in [6.07, 6.45) is 3.42. The summed E-state index contributed by atoms with van der Waals surface area (Å²) < 4.78 is 11.6. The van der Waals surface area contributed by atoms with Crippen LogP contribution in [0.1, 0.15) is 46.3 Å². The summed E-state index contributed by atoms with van der Waals surface area (Å²) >= 11 is 0. The van der Waals surface area contributed by atoms with Gasteiger partial charge >= 0.3 is 0 Å². The number of benzene rings is 2. The highest BCUT2D eigenvalue weighted by atomic mass is 16.5. The lowest BCUT2D eigenvalue weighted by Crippen LogP contribution is -2.41. The first-order chi connectivity index (χ1) is 15.8. The van der Waals surface area contributed by atoms with Crippen molar-refractivity contribution in [3.63, 3.8) is 0 Å². The Morgan fingerprint density at radius 1 is 1.03 bits per heavy atom. The maximum atomic E-state index is 13.1. The van der Waals surface area contributed by atoms with Crippen LogP contribution in [0.25, 0.3) is 0 Å². The van der Waals surface area contributed by atoms with Gasteiger partial charge in [-0.25, -0.2) is 0 Å². The van der Waals surface area contributed by atoms with E-state index in [1.54, 1.807) is 0 Å². The normalized spacial score (nSPS) is 21.9. The molecule has 6 heteroatoms. The van der Waals surface area contributed by atoms with Crippen LogP contribution in [0.5, 0.6) is 5.75 Å². The molecule has 0 aliphatic carbocycles. The highest BCUT2D eigenvalue weighted by Crippen LogP contribution is 2.33. The number of carbonyl (C=O) groups is 1. The van der Waals surface area contributed by atoms with Gasteiger partial charge in [-0.1, -0.05) is 36.8 Å². The van der Waals surface area contributed by atoms with Crippen molar-refractivity contribution in [3.05, 3.63) is 64.7 Å². The average molecular weight is 436 g/mol. The summed E-state index contributed by atoms with van der Waals surface area (Å²) in [6.45, 7) is 7.69. The van der Waals surface area contributed by atoms with E-state index >= 15 is 0 Å². The second kappa shape index (κ2) is 10.0. The molecule has 2 saturated heterocycles. The summed E-state index contributed by atoms with van der Waals surface area (Å²) in [6, 6.07) is 14.8. The molecule has 3 aliphatic rings. The molecular formula is C26H33N3O3. The van der Waals surface area contributed by atoms with E-state index in [1.807, 2.05) is 23.1 Å². The zero-order valence-corrected chi connectivity index (χ0v) is 18.7. The monoisotopic (exact) mass is 435 g/mol. The predicted molar refractivity (Wildman–Crippen MR) is 124 cm³/mol. The molecule has 0 radical (unpaired) electrons. The minimum atomic E-state index is 0.145. The third-order valence-electron chi connectivity index (χ3n) is 6.84. The number of carbonyl (C=O) groups excluding carboxylic acids is 1. The number of hydrogen-bond donors (Lipinski definition) is 1. The van der Waals surface area contributed by atoms with E-state index in [0.717, 1.165) is 74.8 Å². The number of fused-ring (bicyclic) bond motifs is 1. The third-order valence-corrected chi connectivity index (χ3v) is 6.84. The van der Waals surface area contributed by atoms with Crippen molar-refractivity contribution in [1.82, 2.24) is 15.1 Å². The van der Waals surface area contributed by atoms with Crippen molar-refractivity contribution in [2.45, 2.75) is 45.0 Å². The van der Waals surface area contributed by atoms with E-state index in [0.29, 0.717) is 13.2 Å². The average Bonchev–Trinajstić information content (AvgIpc) is 3.00. The van der Waals surface area contributed by atoms with Crippen LogP contribution in [0.2, 0.25) is 0 Å². The molecule has 0 aromatic heterocycles. The summed E-state index contributed by atoms with van der Waals surface area (Å²) in [7, 11) is 0. The Balaban J connectivity index is 1.21. The number of ether oxygens (including phenoxy) is 2. The Hall–Kier alpha value is -2.41. The number of nitrogens with one attached hydrogen (secondary N) is 1. The van der Waals surface area contributed by atoms with Crippen molar-refractivity contribution < 1.29 is 14.3 Å². The molecule has 6 nitrogen and oxygen atoms in total. The van der Waals surface area contributed by atoms with Crippen LogP contribution in [-0.4, -0.2) is 61.1 Å². The van der Waals surface area contributed by atoms with Crippen LogP contribution in [-0.2, 0) is 24.4 Å². The summed E-state index contributed by atoms with van der Waals surface area (Å²) in [5, 5.41) is 3.48. The van der Waals surface area contributed by atoms with E-state index in [-0.39, 0.29) is 11.9 Å². The smallest absolute Gasteiger partial charge is 0.254 e. The summed E-state index contributed by atoms with van der Waals surface area (Å²) in [5.74, 6) is 0.976. The first-order valence-electron chi connectivity index (χ1n) is 11.9. The summed E-state index contributed by atoms with van der Waals surface area (Å²) in [4.78, 5) is 17.5. The van der Waals surface area contributed by atoms with Gasteiger partial charge in [0.2, 0.25) is 0 Å². The van der Waals surface area contributed by atoms with Crippen molar-refractivity contribution in [3.8, 4) is 5.75 Å². The molecule has 2 aromatic rings. The lowest BCUT2D eigenvalue weighted by Gasteiger charge is -2.26. The van der Waals surface area contributed by atoms with Crippen LogP contribution in [0.15, 0.2) is 42.5 Å². The van der Waals surface area contributed by atoms with Gasteiger partial charge in [0, 0.05) is 43.3 Å². The van der Waals surface area contributed by atoms with E-state index < -0.39 is 0 Å². The molecule has 1 unspecified atom stereocenters. The molecule has 5 rings (SSSR count). The van der Waals surface area contributed by atoms with Gasteiger partial charge in [0.1, 0.15) is 12.4 Å². The molecule has 0 bridgehead atoms. The number of hydrogen-bond acceptors (Lipinski definition) is 5. The number of amides is 1. The zero-order valence-electron chi connectivity index (χ0n) is 18.7. The maximum absolute atomic E-state index is 13.1. The van der Waals surface area contributed by atoms with E-state index in [1.165, 1.54) is 18.4 Å². The molecular weight excluding hydrogens is 402 g/mol. The fourth-order valence-electron chi connectivity index (χ4n) is 4.94. The molecule has 1 atom stereocenters. The minimum Gasteiger partial charge on any atom is -0.489 e. The van der Waals surface area contributed by atoms with Gasteiger partial charge in [-0.3, -0.25) is 9.69 Å². The van der Waals surface area contributed by atoms with Gasteiger partial charge in [0.15, 0.2) is 0 Å². The van der Waals surface area contributed by atoms with Gasteiger partial charge in [-0.15, -0.1) is 0 Å². The van der Waals surface area contributed by atoms with Gasteiger partial charge in [-0.2, -0.15) is 0 Å². The van der Waals surface area contributed by atoms with Gasteiger partial charge in [0.25, 0.3) is 5.91 Å². The quantitative estimate of drug-likeness (QED) is 0.755. The zero-order chi connectivity index (χ0) is 21.8. The standard InChI is InChI=1S/C26H33N3O3/c30-26-23-5-3-6-25(24(23)18-29(26)22-4-1-2-11-27-16-22)32-19-21-9-7-20(8-10-21)17-28-12-14-31-15-13-28/h3,5-10,22,27H,1-2,4,11-19H2. The van der Waals surface area contributed by atoms with Crippen LogP contribution in [0.4, 0.5) is 0 Å². The SMILES string of the molecule is O=C1c2cccc(OCc3ccc(CN4CCOCC4)cc3)c2CN1C1CCCCNC1. The minimum absolute atomic E-state index is 0.145. The molecule has 2 aromatic carbocycles. The second-order valence-electron chi connectivity index (χ2n) is 9.06. The molecule has 3 aliphatic heterocycles. The molecule has 170 valence electrons. The molecule has 1 N–H and O–H groups in total. The lowest BCUT2D eigenvalue weighted by molar-refractivity contribution is 0.0342. The van der Waals surface area contributed by atoms with Crippen LogP contribution in [0, 0.1) is 0 Å². The van der Waals surface area contributed by atoms with Gasteiger partial charge < -0.3 is 19.7 Å². The Morgan fingerprint density at radius 2 is 1.84 bits per heavy atom. The first-order valence-corrected chi connectivity index (χ1v) is 11.9. The van der Waals surface area contributed by atoms with Crippen molar-refractivity contribution in [2.24, 2.45) is 0 Å². The number of rotatable bonds is 6. The maximum Gasteiger partial charge on any atom is 0.254 e. The fraction of sp³-hybridized carbons (Fsp3) is 0.500. The molecule has 32 heavy (non-hydrogen) atoms. The second-order valence-corrected chi connectivity index (χ2v) is 9.06. The fourth-order valence-corrected chi connectivity index (χ4v) is 4.94. The highest BCUT2D eigenvalue weighted by molar-refractivity contribution is 5.99. The first kappa shape index (κ1) is 21.4. The van der Waals surface area contributed by atoms with Crippen molar-refractivity contribution >= 4 is 5.91 Å². The van der Waals surface area contributed by atoms with Crippen molar-refractivity contribution in [2.75, 3.05) is 39.4 Å². The van der Waals surface area contributed by atoms with Gasteiger partial charge in [0.05, 0.1) is 19.8 Å². The van der Waals surface area contributed by atoms with Crippen LogP contribution < -0.4 is 10.1 Å². The van der Waals surface area contributed by atoms with E-state index in [4.69, 9.17) is 9.47 Å². The molecule has 2 fully saturated rings. The molecule has 0 spiro atoms. The van der Waals surface area contributed by atoms with Crippen LogP contribution >= 0.6 is 0 Å². The van der Waals surface area contributed by atoms with E-state index in [9.17, 15) is 4.79 Å². The molecule has 0 saturated carbocycles. The Morgan fingerprint density at radius 3 is 2.69 bits per heavy atom. The molecule has 1 amide bonds.